The molecule has 0 aromatic carbocycles. The van der Waals surface area contributed by atoms with Crippen molar-refractivity contribution in [3.05, 3.63) is 17.5 Å². The molecule has 4 heteroatoms. The fourth-order valence-corrected chi connectivity index (χ4v) is 1.59. The predicted molar refractivity (Wildman–Crippen MR) is 67.8 cm³/mol. The van der Waals surface area contributed by atoms with Crippen LogP contribution >= 0.6 is 15.9 Å². The van der Waals surface area contributed by atoms with Crippen molar-refractivity contribution in [3.8, 4) is 0 Å². The normalized spacial score (nSPS) is 11.6. The van der Waals surface area contributed by atoms with Gasteiger partial charge in [-0.1, -0.05) is 15.9 Å². The van der Waals surface area contributed by atoms with Gasteiger partial charge in [0.05, 0.1) is 0 Å². The Balaban J connectivity index is 3.06. The molecule has 0 amide bonds. The maximum absolute atomic E-state index is 4.44. The number of rotatable bonds is 3. The lowest BCUT2D eigenvalue weighted by Crippen LogP contribution is -2.43. The van der Waals surface area contributed by atoms with Gasteiger partial charge in [-0.3, -0.25) is 0 Å². The second-order valence-electron chi connectivity index (χ2n) is 4.46. The largest absolute Gasteiger partial charge is 0.338 e. The lowest BCUT2D eigenvalue weighted by atomic mass is 10.1. The molecule has 3 nitrogen and oxygen atoms in total. The summed E-state index contributed by atoms with van der Waals surface area (Å²) in [5.74, 6) is 0.789. The summed E-state index contributed by atoms with van der Waals surface area (Å²) in [6.07, 6.45) is 0. The summed E-state index contributed by atoms with van der Waals surface area (Å²) in [5, 5.41) is 0.882. The third kappa shape index (κ3) is 2.91. The van der Waals surface area contributed by atoms with Crippen molar-refractivity contribution in [1.29, 1.82) is 0 Å². The van der Waals surface area contributed by atoms with Crippen LogP contribution in [0.3, 0.4) is 0 Å². The second-order valence-corrected chi connectivity index (χ2v) is 5.02. The van der Waals surface area contributed by atoms with Crippen LogP contribution < -0.4 is 4.90 Å². The van der Waals surface area contributed by atoms with Gasteiger partial charge >= 0.3 is 0 Å². The Bertz CT molecular complexity index is 329. The minimum Gasteiger partial charge on any atom is -0.338 e. The molecule has 0 fully saturated rings. The molecule has 0 bridgehead atoms. The molecule has 0 spiro atoms. The van der Waals surface area contributed by atoms with Crippen LogP contribution in [-0.4, -0.2) is 27.9 Å². The van der Waals surface area contributed by atoms with Crippen molar-refractivity contribution in [2.45, 2.75) is 33.2 Å². The van der Waals surface area contributed by atoms with Gasteiger partial charge in [0, 0.05) is 29.3 Å². The average molecular weight is 272 g/mol. The molecule has 0 aliphatic carbocycles. The van der Waals surface area contributed by atoms with Crippen LogP contribution in [0.25, 0.3) is 0 Å². The van der Waals surface area contributed by atoms with E-state index in [1.807, 2.05) is 27.0 Å². The van der Waals surface area contributed by atoms with Crippen LogP contribution in [0.1, 0.15) is 25.2 Å². The van der Waals surface area contributed by atoms with E-state index in [0.29, 0.717) is 0 Å². The summed E-state index contributed by atoms with van der Waals surface area (Å²) >= 11 is 3.51. The number of anilines is 1. The fourth-order valence-electron chi connectivity index (χ4n) is 1.22. The SMILES string of the molecule is Cc1cc(C)nc(N(C)C(C)(C)CBr)n1. The smallest absolute Gasteiger partial charge is 0.225 e. The summed E-state index contributed by atoms with van der Waals surface area (Å²) in [4.78, 5) is 11.0. The number of nitrogens with zero attached hydrogens (tertiary/aromatic N) is 3. The first-order valence-corrected chi connectivity index (χ1v) is 6.11. The molecule has 0 radical (unpaired) electrons. The molecule has 0 unspecified atom stereocenters. The Morgan fingerprint density at radius 3 is 2.13 bits per heavy atom. The third-order valence-corrected chi connectivity index (χ3v) is 3.88. The number of aromatic nitrogens is 2. The van der Waals surface area contributed by atoms with Gasteiger partial charge < -0.3 is 4.90 Å². The predicted octanol–water partition coefficient (Wildman–Crippen LogP) is 2.70. The molecule has 0 aliphatic rings. The first kappa shape index (κ1) is 12.4. The highest BCUT2D eigenvalue weighted by Gasteiger charge is 2.24. The van der Waals surface area contributed by atoms with Crippen LogP contribution in [0.5, 0.6) is 0 Å². The zero-order chi connectivity index (χ0) is 11.6. The summed E-state index contributed by atoms with van der Waals surface area (Å²) < 4.78 is 0. The summed E-state index contributed by atoms with van der Waals surface area (Å²) in [6, 6.07) is 1.98. The summed E-state index contributed by atoms with van der Waals surface area (Å²) in [7, 11) is 2.02. The molecular weight excluding hydrogens is 254 g/mol. The van der Waals surface area contributed by atoms with Crippen molar-refractivity contribution in [1.82, 2.24) is 9.97 Å². The van der Waals surface area contributed by atoms with Crippen molar-refractivity contribution in [2.75, 3.05) is 17.3 Å². The number of halogens is 1. The van der Waals surface area contributed by atoms with Crippen molar-refractivity contribution >= 4 is 21.9 Å². The van der Waals surface area contributed by atoms with Crippen molar-refractivity contribution in [3.63, 3.8) is 0 Å². The third-order valence-electron chi connectivity index (χ3n) is 2.51. The van der Waals surface area contributed by atoms with E-state index in [0.717, 1.165) is 22.7 Å². The standard InChI is InChI=1S/C11H18BrN3/c1-8-6-9(2)14-10(13-8)15(5)11(3,4)7-12/h6H,7H2,1-5H3. The molecule has 0 atom stereocenters. The Morgan fingerprint density at radius 2 is 1.73 bits per heavy atom. The number of alkyl halides is 1. The Labute approximate surface area is 100 Å². The summed E-state index contributed by atoms with van der Waals surface area (Å²) in [6.45, 7) is 8.30. The Kier molecular flexibility index (Phi) is 3.71. The second kappa shape index (κ2) is 4.47. The molecule has 1 rings (SSSR count). The van der Waals surface area contributed by atoms with Gasteiger partial charge in [-0.15, -0.1) is 0 Å². The van der Waals surface area contributed by atoms with Gasteiger partial charge in [-0.05, 0) is 33.8 Å². The van der Waals surface area contributed by atoms with Crippen LogP contribution in [0.4, 0.5) is 5.95 Å². The van der Waals surface area contributed by atoms with Crippen molar-refractivity contribution < 1.29 is 0 Å². The molecule has 1 aromatic heterocycles. The highest BCUT2D eigenvalue weighted by Crippen LogP contribution is 2.20. The molecule has 0 saturated heterocycles. The van der Waals surface area contributed by atoms with E-state index >= 15 is 0 Å². The molecule has 15 heavy (non-hydrogen) atoms. The zero-order valence-corrected chi connectivity index (χ0v) is 11.6. The van der Waals surface area contributed by atoms with Gasteiger partial charge in [0.25, 0.3) is 0 Å². The van der Waals surface area contributed by atoms with E-state index in [-0.39, 0.29) is 5.54 Å². The molecule has 1 heterocycles. The van der Waals surface area contributed by atoms with Crippen LogP contribution in [0.15, 0.2) is 6.07 Å². The number of aryl methyl sites for hydroxylation is 2. The topological polar surface area (TPSA) is 29.0 Å². The molecule has 0 saturated carbocycles. The highest BCUT2D eigenvalue weighted by atomic mass is 79.9. The van der Waals surface area contributed by atoms with Crippen LogP contribution in [0.2, 0.25) is 0 Å². The number of hydrogen-bond donors (Lipinski definition) is 0. The van der Waals surface area contributed by atoms with E-state index in [4.69, 9.17) is 0 Å². The first-order chi connectivity index (χ1) is 6.86. The fraction of sp³-hybridized carbons (Fsp3) is 0.636. The number of hydrogen-bond acceptors (Lipinski definition) is 3. The minimum atomic E-state index is 0.0141. The Morgan fingerprint density at radius 1 is 1.27 bits per heavy atom. The van der Waals surface area contributed by atoms with Gasteiger partial charge in [0.2, 0.25) is 5.95 Å². The molecule has 84 valence electrons. The van der Waals surface area contributed by atoms with Gasteiger partial charge in [0.15, 0.2) is 0 Å². The van der Waals surface area contributed by atoms with E-state index in [2.05, 4.69) is 44.6 Å². The van der Waals surface area contributed by atoms with Crippen LogP contribution in [-0.2, 0) is 0 Å². The van der Waals surface area contributed by atoms with E-state index in [9.17, 15) is 0 Å². The average Bonchev–Trinajstić information content (AvgIpc) is 2.15. The van der Waals surface area contributed by atoms with Gasteiger partial charge in [0.1, 0.15) is 0 Å². The quantitative estimate of drug-likeness (QED) is 0.792. The van der Waals surface area contributed by atoms with Gasteiger partial charge in [-0.25, -0.2) is 9.97 Å². The lowest BCUT2D eigenvalue weighted by Gasteiger charge is -2.34. The minimum absolute atomic E-state index is 0.0141. The monoisotopic (exact) mass is 271 g/mol. The zero-order valence-electron chi connectivity index (χ0n) is 10.0. The lowest BCUT2D eigenvalue weighted by molar-refractivity contribution is 0.540. The molecular formula is C11H18BrN3. The maximum Gasteiger partial charge on any atom is 0.225 e. The van der Waals surface area contributed by atoms with Crippen LogP contribution in [0, 0.1) is 13.8 Å². The van der Waals surface area contributed by atoms with E-state index in [1.165, 1.54) is 0 Å². The highest BCUT2D eigenvalue weighted by molar-refractivity contribution is 9.09. The van der Waals surface area contributed by atoms with Gasteiger partial charge in [-0.2, -0.15) is 0 Å². The maximum atomic E-state index is 4.44. The first-order valence-electron chi connectivity index (χ1n) is 4.99. The molecule has 1 aromatic rings. The summed E-state index contributed by atoms with van der Waals surface area (Å²) in [5.41, 5.74) is 2.03. The van der Waals surface area contributed by atoms with E-state index in [1.54, 1.807) is 0 Å². The Hall–Kier alpha value is -0.640. The van der Waals surface area contributed by atoms with Crippen molar-refractivity contribution in [2.24, 2.45) is 0 Å². The van der Waals surface area contributed by atoms with E-state index < -0.39 is 0 Å². The molecule has 0 N–H and O–H groups in total. The molecule has 0 aliphatic heterocycles.